The number of nitrogens with zero attached hydrogens (tertiary/aromatic N) is 4. The Labute approximate surface area is 213 Å². The highest BCUT2D eigenvalue weighted by atomic mass is 19.3. The summed E-state index contributed by atoms with van der Waals surface area (Å²) >= 11 is 0. The summed E-state index contributed by atoms with van der Waals surface area (Å²) in [5, 5.41) is 11.7. The maximum Gasteiger partial charge on any atom is 0.264 e. The van der Waals surface area contributed by atoms with E-state index < -0.39 is 18.0 Å². The van der Waals surface area contributed by atoms with Crippen LogP contribution in [-0.4, -0.2) is 32.4 Å². The van der Waals surface area contributed by atoms with Gasteiger partial charge in [-0.15, -0.1) is 10.2 Å². The Morgan fingerprint density at radius 1 is 1.19 bits per heavy atom. The van der Waals surface area contributed by atoms with Crippen molar-refractivity contribution in [2.24, 2.45) is 7.05 Å². The zero-order chi connectivity index (χ0) is 25.9. The second-order valence-electron chi connectivity index (χ2n) is 11.1. The molecule has 3 aliphatic rings. The number of benzene rings is 2. The number of anilines is 1. The van der Waals surface area contributed by atoms with Crippen molar-refractivity contribution < 1.29 is 18.0 Å². The molecular weight excluding hydrogens is 479 g/mol. The van der Waals surface area contributed by atoms with Crippen LogP contribution in [0.1, 0.15) is 83.9 Å². The monoisotopic (exact) mass is 509 g/mol. The van der Waals surface area contributed by atoms with Gasteiger partial charge in [-0.2, -0.15) is 0 Å². The highest BCUT2D eigenvalue weighted by molar-refractivity contribution is 6.10. The highest BCUT2D eigenvalue weighted by Crippen LogP contribution is 2.50. The van der Waals surface area contributed by atoms with Gasteiger partial charge >= 0.3 is 0 Å². The number of carbonyl (C=O) groups excluding carboxylic acids is 1. The van der Waals surface area contributed by atoms with E-state index in [2.05, 4.69) is 22.4 Å². The Morgan fingerprint density at radius 2 is 1.97 bits per heavy atom. The molecule has 194 valence electrons. The quantitative estimate of drug-likeness (QED) is 0.466. The van der Waals surface area contributed by atoms with Gasteiger partial charge in [0.25, 0.3) is 12.3 Å². The van der Waals surface area contributed by atoms with Crippen LogP contribution in [0.3, 0.4) is 0 Å². The number of hydrogen-bond acceptors (Lipinski definition) is 4. The molecule has 0 saturated heterocycles. The van der Waals surface area contributed by atoms with Crippen LogP contribution >= 0.6 is 0 Å². The zero-order valence-corrected chi connectivity index (χ0v) is 21.0. The summed E-state index contributed by atoms with van der Waals surface area (Å²) < 4.78 is 44.2. The Balaban J connectivity index is 1.32. The number of halogens is 3. The normalized spacial score (nSPS) is 24.2. The fraction of sp³-hybridized carbons (Fsp3) is 0.464. The van der Waals surface area contributed by atoms with Crippen LogP contribution in [0.2, 0.25) is 0 Å². The summed E-state index contributed by atoms with van der Waals surface area (Å²) in [7, 11) is 1.83. The number of aromatic nitrogens is 3. The van der Waals surface area contributed by atoms with Gasteiger partial charge in [0, 0.05) is 35.9 Å². The lowest BCUT2D eigenvalue weighted by atomic mass is 9.62. The second-order valence-corrected chi connectivity index (χ2v) is 11.1. The van der Waals surface area contributed by atoms with Crippen molar-refractivity contribution in [2.45, 2.75) is 75.7 Å². The summed E-state index contributed by atoms with van der Waals surface area (Å²) in [4.78, 5) is 15.1. The topological polar surface area (TPSA) is 63.1 Å². The van der Waals surface area contributed by atoms with Gasteiger partial charge in [-0.3, -0.25) is 4.79 Å². The van der Waals surface area contributed by atoms with Crippen molar-refractivity contribution in [1.29, 1.82) is 0 Å². The Hall–Kier alpha value is -3.20. The summed E-state index contributed by atoms with van der Waals surface area (Å²) in [6, 6.07) is 10.7. The van der Waals surface area contributed by atoms with Crippen LogP contribution < -0.4 is 10.2 Å². The van der Waals surface area contributed by atoms with Gasteiger partial charge in [0.2, 0.25) is 0 Å². The standard InChI is InChI=1S/C28H30F3N5O/c1-27(7-4-8-27)32-14-17-9-21(24(30)31)23-15-36(25(37)22(23)10-17)20-6-3-5-18(11-20)28(12-19(29)13-28)26-34-33-16-35(26)2/h3,5-6,9-11,16,19,24,32H,4,7-8,12-15H2,1-2H3/t19-,28+. The Kier molecular flexibility index (Phi) is 5.67. The molecule has 1 aromatic heterocycles. The van der Waals surface area contributed by atoms with Crippen LogP contribution in [0.5, 0.6) is 0 Å². The Bertz CT molecular complexity index is 1360. The van der Waals surface area contributed by atoms with E-state index in [4.69, 9.17) is 0 Å². The van der Waals surface area contributed by atoms with E-state index >= 15 is 0 Å². The minimum absolute atomic E-state index is 0.0271. The smallest absolute Gasteiger partial charge is 0.264 e. The molecule has 1 amide bonds. The number of aryl methyl sites for hydroxylation is 1. The first-order chi connectivity index (χ1) is 17.7. The number of rotatable bonds is 7. The molecule has 2 fully saturated rings. The summed E-state index contributed by atoms with van der Waals surface area (Å²) in [5.41, 5.74) is 2.13. The molecule has 2 saturated carbocycles. The van der Waals surface area contributed by atoms with Crippen LogP contribution in [-0.2, 0) is 25.6 Å². The van der Waals surface area contributed by atoms with Crippen molar-refractivity contribution in [3.05, 3.63) is 76.4 Å². The lowest BCUT2D eigenvalue weighted by molar-refractivity contribution is 0.0995. The van der Waals surface area contributed by atoms with E-state index in [1.165, 1.54) is 6.07 Å². The fourth-order valence-electron chi connectivity index (χ4n) is 6.14. The molecule has 6 rings (SSSR count). The summed E-state index contributed by atoms with van der Waals surface area (Å²) in [6.45, 7) is 2.65. The van der Waals surface area contributed by atoms with Crippen LogP contribution in [0.25, 0.3) is 0 Å². The number of carbonyl (C=O) groups is 1. The summed E-state index contributed by atoms with van der Waals surface area (Å²) in [5.74, 6) is 0.377. The van der Waals surface area contributed by atoms with Gasteiger partial charge in [0.05, 0.1) is 12.0 Å². The number of nitrogens with one attached hydrogen (secondary N) is 1. The van der Waals surface area contributed by atoms with E-state index in [9.17, 15) is 18.0 Å². The summed E-state index contributed by atoms with van der Waals surface area (Å²) in [6.07, 6.45) is 1.81. The van der Waals surface area contributed by atoms with E-state index in [0.717, 1.165) is 24.8 Å². The molecule has 9 heteroatoms. The average Bonchev–Trinajstić information content (AvgIpc) is 3.42. The van der Waals surface area contributed by atoms with Crippen molar-refractivity contribution in [3.8, 4) is 0 Å². The predicted molar refractivity (Wildman–Crippen MR) is 133 cm³/mol. The van der Waals surface area contributed by atoms with Gasteiger partial charge in [0.1, 0.15) is 18.3 Å². The van der Waals surface area contributed by atoms with Gasteiger partial charge in [-0.25, -0.2) is 13.2 Å². The van der Waals surface area contributed by atoms with E-state index in [1.807, 2.05) is 25.2 Å². The minimum Gasteiger partial charge on any atom is -0.320 e. The Morgan fingerprint density at radius 3 is 2.59 bits per heavy atom. The van der Waals surface area contributed by atoms with E-state index in [-0.39, 0.29) is 36.4 Å². The molecule has 2 aliphatic carbocycles. The fourth-order valence-corrected chi connectivity index (χ4v) is 6.14. The molecule has 1 aliphatic heterocycles. The molecule has 6 nitrogen and oxygen atoms in total. The molecule has 0 unspecified atom stereocenters. The molecule has 3 aromatic rings. The van der Waals surface area contributed by atoms with Crippen LogP contribution in [0, 0.1) is 0 Å². The number of amides is 1. The SMILES string of the molecule is Cn1cnnc1[C@]1(c2cccc(N3Cc4c(cc(CNC5(C)CCC5)cc4C(F)F)C3=O)c2)C[C@H](F)C1. The molecule has 0 atom stereocenters. The largest absolute Gasteiger partial charge is 0.320 e. The van der Waals surface area contributed by atoms with E-state index in [0.29, 0.717) is 34.7 Å². The number of fused-ring (bicyclic) bond motifs is 1. The van der Waals surface area contributed by atoms with Gasteiger partial charge in [0.15, 0.2) is 0 Å². The van der Waals surface area contributed by atoms with E-state index in [1.54, 1.807) is 27.9 Å². The van der Waals surface area contributed by atoms with Crippen molar-refractivity contribution in [1.82, 2.24) is 20.1 Å². The molecule has 0 radical (unpaired) electrons. The van der Waals surface area contributed by atoms with Gasteiger partial charge < -0.3 is 14.8 Å². The van der Waals surface area contributed by atoms with Gasteiger partial charge in [-0.1, -0.05) is 12.1 Å². The van der Waals surface area contributed by atoms with Crippen LogP contribution in [0.15, 0.2) is 42.7 Å². The second kappa shape index (κ2) is 8.68. The third-order valence-electron chi connectivity index (χ3n) is 8.54. The van der Waals surface area contributed by atoms with Gasteiger partial charge in [-0.05, 0) is 80.0 Å². The predicted octanol–water partition coefficient (Wildman–Crippen LogP) is 5.36. The maximum absolute atomic E-state index is 14.2. The first-order valence-electron chi connectivity index (χ1n) is 12.8. The van der Waals surface area contributed by atoms with Crippen LogP contribution in [0.4, 0.5) is 18.9 Å². The highest BCUT2D eigenvalue weighted by Gasteiger charge is 2.50. The molecule has 2 aromatic carbocycles. The van der Waals surface area contributed by atoms with Crippen molar-refractivity contribution >= 4 is 11.6 Å². The molecule has 0 bridgehead atoms. The van der Waals surface area contributed by atoms with Crippen molar-refractivity contribution in [3.63, 3.8) is 0 Å². The lowest BCUT2D eigenvalue weighted by Crippen LogP contribution is -2.47. The third-order valence-corrected chi connectivity index (χ3v) is 8.54. The first kappa shape index (κ1) is 24.2. The zero-order valence-electron chi connectivity index (χ0n) is 21.0. The molecule has 0 spiro atoms. The molecule has 37 heavy (non-hydrogen) atoms. The third kappa shape index (κ3) is 3.95. The number of hydrogen-bond donors (Lipinski definition) is 1. The molecular formula is C28H30F3N5O. The number of alkyl halides is 3. The molecule has 1 N–H and O–H groups in total. The first-order valence-corrected chi connectivity index (χ1v) is 12.8. The van der Waals surface area contributed by atoms with Crippen molar-refractivity contribution in [2.75, 3.05) is 4.90 Å². The lowest BCUT2D eigenvalue weighted by Gasteiger charge is -2.43. The average molecular weight is 510 g/mol. The molecule has 2 heterocycles. The maximum atomic E-state index is 14.2. The minimum atomic E-state index is -2.68.